The average Bonchev–Trinajstić information content (AvgIpc) is 2.78. The number of aliphatic hydroxyl groups is 1. The Labute approximate surface area is 105 Å². The van der Waals surface area contributed by atoms with Crippen molar-refractivity contribution in [2.45, 2.75) is 25.9 Å². The summed E-state index contributed by atoms with van der Waals surface area (Å²) in [5.74, 6) is 0.850. The van der Waals surface area contributed by atoms with E-state index in [0.717, 1.165) is 11.1 Å². The van der Waals surface area contributed by atoms with Gasteiger partial charge >= 0.3 is 0 Å². The number of nitrogens with zero attached hydrogens (tertiary/aromatic N) is 3. The zero-order valence-electron chi connectivity index (χ0n) is 10.00. The van der Waals surface area contributed by atoms with Crippen LogP contribution in [0.3, 0.4) is 0 Å². The van der Waals surface area contributed by atoms with Crippen molar-refractivity contribution in [1.82, 2.24) is 10.1 Å². The lowest BCUT2D eigenvalue weighted by atomic mass is 10.1. The Morgan fingerprint density at radius 2 is 2.22 bits per heavy atom. The highest BCUT2D eigenvalue weighted by molar-refractivity contribution is 5.58. The highest BCUT2D eigenvalue weighted by Crippen LogP contribution is 2.20. The minimum absolute atomic E-state index is 0.0576. The smallest absolute Gasteiger partial charge is 0.229 e. The van der Waals surface area contributed by atoms with Crippen LogP contribution in [-0.2, 0) is 6.42 Å². The van der Waals surface area contributed by atoms with Gasteiger partial charge in [0.2, 0.25) is 11.7 Å². The Bertz CT molecular complexity index is 572. The third kappa shape index (κ3) is 2.73. The van der Waals surface area contributed by atoms with Crippen molar-refractivity contribution >= 4 is 0 Å². The fraction of sp³-hybridized carbons (Fsp3) is 0.308. The third-order valence-electron chi connectivity index (χ3n) is 2.59. The van der Waals surface area contributed by atoms with Gasteiger partial charge in [-0.25, -0.2) is 0 Å². The molecule has 5 nitrogen and oxygen atoms in total. The van der Waals surface area contributed by atoms with E-state index < -0.39 is 6.10 Å². The molecule has 0 amide bonds. The van der Waals surface area contributed by atoms with Gasteiger partial charge in [-0.1, -0.05) is 29.4 Å². The van der Waals surface area contributed by atoms with E-state index >= 15 is 0 Å². The Balaban J connectivity index is 2.16. The van der Waals surface area contributed by atoms with E-state index in [9.17, 15) is 5.11 Å². The number of aryl methyl sites for hydroxylation is 1. The summed E-state index contributed by atoms with van der Waals surface area (Å²) in [5.41, 5.74) is 1.96. The Hall–Kier alpha value is -2.19. The standard InChI is InChI=1S/C13H13N3O2/c1-9-4-2-3-5-11(9)13-15-12(18-16-13)8-10(17)6-7-14/h2-5,10,17H,6,8H2,1H3. The van der Waals surface area contributed by atoms with Gasteiger partial charge in [-0.2, -0.15) is 10.2 Å². The molecule has 1 unspecified atom stereocenters. The predicted molar refractivity (Wildman–Crippen MR) is 64.4 cm³/mol. The van der Waals surface area contributed by atoms with Crippen molar-refractivity contribution in [3.8, 4) is 17.5 Å². The van der Waals surface area contributed by atoms with Gasteiger partial charge in [0.25, 0.3) is 0 Å². The zero-order valence-corrected chi connectivity index (χ0v) is 10.00. The molecule has 1 atom stereocenters. The fourth-order valence-corrected chi connectivity index (χ4v) is 1.65. The van der Waals surface area contributed by atoms with Gasteiger partial charge in [0.15, 0.2) is 0 Å². The van der Waals surface area contributed by atoms with E-state index in [2.05, 4.69) is 10.1 Å². The van der Waals surface area contributed by atoms with Crippen molar-refractivity contribution in [1.29, 1.82) is 5.26 Å². The number of rotatable bonds is 4. The summed E-state index contributed by atoms with van der Waals surface area (Å²) >= 11 is 0. The lowest BCUT2D eigenvalue weighted by Crippen LogP contribution is -2.09. The molecule has 0 aliphatic heterocycles. The molecule has 0 aliphatic rings. The molecule has 1 aromatic heterocycles. The summed E-state index contributed by atoms with van der Waals surface area (Å²) in [4.78, 5) is 4.22. The summed E-state index contributed by atoms with van der Waals surface area (Å²) < 4.78 is 5.06. The molecule has 0 radical (unpaired) electrons. The molecule has 92 valence electrons. The Kier molecular flexibility index (Phi) is 3.70. The van der Waals surface area contributed by atoms with Crippen LogP contribution < -0.4 is 0 Å². The number of hydrogen-bond donors (Lipinski definition) is 1. The largest absolute Gasteiger partial charge is 0.392 e. The summed E-state index contributed by atoms with van der Waals surface area (Å²) in [7, 11) is 0. The molecule has 1 N–H and O–H groups in total. The molecule has 18 heavy (non-hydrogen) atoms. The zero-order chi connectivity index (χ0) is 13.0. The van der Waals surface area contributed by atoms with Crippen LogP contribution in [0.5, 0.6) is 0 Å². The summed E-state index contributed by atoms with van der Waals surface area (Å²) in [5, 5.41) is 21.8. The molecule has 1 aromatic carbocycles. The predicted octanol–water partition coefficient (Wildman–Crippen LogP) is 1.86. The highest BCUT2D eigenvalue weighted by Gasteiger charge is 2.13. The molecule has 0 aliphatic carbocycles. The lowest BCUT2D eigenvalue weighted by molar-refractivity contribution is 0.167. The van der Waals surface area contributed by atoms with Crippen molar-refractivity contribution in [3.05, 3.63) is 35.7 Å². The van der Waals surface area contributed by atoms with Crippen LogP contribution >= 0.6 is 0 Å². The number of nitriles is 1. The SMILES string of the molecule is Cc1ccccc1-c1noc(CC(O)CC#N)n1. The van der Waals surface area contributed by atoms with Crippen LogP contribution in [0.4, 0.5) is 0 Å². The molecule has 0 fully saturated rings. The second-order valence-corrected chi connectivity index (χ2v) is 4.05. The van der Waals surface area contributed by atoms with Crippen LogP contribution in [-0.4, -0.2) is 21.4 Å². The highest BCUT2D eigenvalue weighted by atomic mass is 16.5. The molecule has 0 bridgehead atoms. The van der Waals surface area contributed by atoms with E-state index in [1.54, 1.807) is 0 Å². The number of benzene rings is 1. The first kappa shape index (κ1) is 12.3. The van der Waals surface area contributed by atoms with Gasteiger partial charge in [0, 0.05) is 5.56 Å². The first-order valence-electron chi connectivity index (χ1n) is 5.64. The Morgan fingerprint density at radius 1 is 1.44 bits per heavy atom. The topological polar surface area (TPSA) is 82.9 Å². The molecular weight excluding hydrogens is 230 g/mol. The van der Waals surface area contributed by atoms with Gasteiger partial charge in [-0.15, -0.1) is 0 Å². The minimum atomic E-state index is -0.764. The second kappa shape index (κ2) is 5.43. The van der Waals surface area contributed by atoms with Crippen LogP contribution in [0, 0.1) is 18.3 Å². The van der Waals surface area contributed by atoms with Crippen molar-refractivity contribution in [2.24, 2.45) is 0 Å². The Morgan fingerprint density at radius 3 is 2.94 bits per heavy atom. The van der Waals surface area contributed by atoms with E-state index in [1.165, 1.54) is 0 Å². The average molecular weight is 243 g/mol. The van der Waals surface area contributed by atoms with E-state index in [4.69, 9.17) is 9.78 Å². The molecule has 0 saturated carbocycles. The van der Waals surface area contributed by atoms with Crippen LogP contribution in [0.1, 0.15) is 17.9 Å². The van der Waals surface area contributed by atoms with Crippen LogP contribution in [0.15, 0.2) is 28.8 Å². The van der Waals surface area contributed by atoms with E-state index in [-0.39, 0.29) is 12.8 Å². The van der Waals surface area contributed by atoms with Gasteiger partial charge in [-0.05, 0) is 12.5 Å². The monoisotopic (exact) mass is 243 g/mol. The molecule has 2 aromatic rings. The summed E-state index contributed by atoms with van der Waals surface area (Å²) in [6.45, 7) is 1.97. The quantitative estimate of drug-likeness (QED) is 0.886. The maximum atomic E-state index is 9.49. The first-order valence-corrected chi connectivity index (χ1v) is 5.64. The molecule has 0 saturated heterocycles. The van der Waals surface area contributed by atoms with Gasteiger partial charge in [0.1, 0.15) is 0 Å². The van der Waals surface area contributed by atoms with Crippen LogP contribution in [0.25, 0.3) is 11.4 Å². The maximum Gasteiger partial charge on any atom is 0.229 e. The van der Waals surface area contributed by atoms with Crippen molar-refractivity contribution < 1.29 is 9.63 Å². The second-order valence-electron chi connectivity index (χ2n) is 4.05. The fourth-order valence-electron chi connectivity index (χ4n) is 1.65. The minimum Gasteiger partial charge on any atom is -0.392 e. The molecule has 1 heterocycles. The van der Waals surface area contributed by atoms with Gasteiger partial charge in [0.05, 0.1) is 25.0 Å². The molecule has 5 heteroatoms. The lowest BCUT2D eigenvalue weighted by Gasteiger charge is -2.00. The first-order chi connectivity index (χ1) is 8.70. The number of hydrogen-bond acceptors (Lipinski definition) is 5. The number of aliphatic hydroxyl groups excluding tert-OH is 1. The van der Waals surface area contributed by atoms with Crippen molar-refractivity contribution in [2.75, 3.05) is 0 Å². The normalized spacial score (nSPS) is 12.1. The number of aromatic nitrogens is 2. The van der Waals surface area contributed by atoms with E-state index in [0.29, 0.717) is 11.7 Å². The molecule has 0 spiro atoms. The van der Waals surface area contributed by atoms with Gasteiger partial charge < -0.3 is 9.63 Å². The summed E-state index contributed by atoms with van der Waals surface area (Å²) in [6, 6.07) is 9.62. The molecular formula is C13H13N3O2. The van der Waals surface area contributed by atoms with Crippen LogP contribution in [0.2, 0.25) is 0 Å². The maximum absolute atomic E-state index is 9.49. The van der Waals surface area contributed by atoms with E-state index in [1.807, 2.05) is 37.3 Å². The van der Waals surface area contributed by atoms with Gasteiger partial charge in [-0.3, -0.25) is 0 Å². The summed E-state index contributed by atoms with van der Waals surface area (Å²) in [6.07, 6.45) is -0.505. The third-order valence-corrected chi connectivity index (χ3v) is 2.59. The van der Waals surface area contributed by atoms with Crippen molar-refractivity contribution in [3.63, 3.8) is 0 Å². The molecule has 2 rings (SSSR count).